The lowest BCUT2D eigenvalue weighted by Gasteiger charge is -2.30. The maximum atomic E-state index is 14.0. The quantitative estimate of drug-likeness (QED) is 0.257. The molecular weight excluding hydrogens is 572 g/mol. The number of aromatic amines is 1. The third kappa shape index (κ3) is 7.76. The number of carbonyl (C=O) groups is 4. The van der Waals surface area contributed by atoms with Crippen LogP contribution < -0.4 is 16.0 Å². The van der Waals surface area contributed by atoms with Crippen LogP contribution in [0.1, 0.15) is 23.9 Å². The lowest BCUT2D eigenvalue weighted by molar-refractivity contribution is -0.142. The van der Waals surface area contributed by atoms with Crippen LogP contribution in [0, 0.1) is 0 Å². The van der Waals surface area contributed by atoms with Gasteiger partial charge in [0.1, 0.15) is 23.9 Å². The molecule has 4 N–H and O–H groups in total. The van der Waals surface area contributed by atoms with Crippen LogP contribution in [0.4, 0.5) is 0 Å². The molecule has 45 heavy (non-hydrogen) atoms. The van der Waals surface area contributed by atoms with Gasteiger partial charge >= 0.3 is 0 Å². The first-order valence-electron chi connectivity index (χ1n) is 15.1. The minimum atomic E-state index is -0.933. The molecule has 0 saturated carbocycles. The van der Waals surface area contributed by atoms with Crippen molar-refractivity contribution >= 4 is 34.5 Å². The Morgan fingerprint density at radius 1 is 0.889 bits per heavy atom. The highest BCUT2D eigenvalue weighted by atomic mass is 16.2. The van der Waals surface area contributed by atoms with E-state index in [1.165, 1.54) is 4.90 Å². The number of hydrogen-bond donors (Lipinski definition) is 4. The minimum absolute atomic E-state index is 0.0235. The van der Waals surface area contributed by atoms with Gasteiger partial charge in [0.25, 0.3) is 0 Å². The molecule has 4 aromatic rings. The number of imidazole rings is 1. The van der Waals surface area contributed by atoms with Crippen LogP contribution in [-0.2, 0) is 45.6 Å². The van der Waals surface area contributed by atoms with E-state index < -0.39 is 29.9 Å². The first kappa shape index (κ1) is 31.5. The number of nitrogens with one attached hydrogen (secondary N) is 4. The van der Waals surface area contributed by atoms with Crippen LogP contribution in [0.2, 0.25) is 0 Å². The summed E-state index contributed by atoms with van der Waals surface area (Å²) in [7, 11) is 3.42. The fourth-order valence-electron chi connectivity index (χ4n) is 5.55. The van der Waals surface area contributed by atoms with Gasteiger partial charge in [0, 0.05) is 69.5 Å². The fraction of sp³-hybridized carbons (Fsp3) is 0.364. The van der Waals surface area contributed by atoms with E-state index in [4.69, 9.17) is 0 Å². The zero-order chi connectivity index (χ0) is 31.9. The van der Waals surface area contributed by atoms with Gasteiger partial charge in [0.2, 0.25) is 23.6 Å². The number of rotatable bonds is 6. The molecule has 1 fully saturated rings. The van der Waals surface area contributed by atoms with E-state index in [0.29, 0.717) is 13.1 Å². The van der Waals surface area contributed by atoms with Crippen molar-refractivity contribution in [3.05, 3.63) is 90.1 Å². The molecule has 0 aliphatic carbocycles. The van der Waals surface area contributed by atoms with Crippen LogP contribution in [0.15, 0.2) is 73.2 Å². The Labute approximate surface area is 262 Å². The zero-order valence-electron chi connectivity index (χ0n) is 25.8. The van der Waals surface area contributed by atoms with Crippen LogP contribution in [-0.4, -0.2) is 92.8 Å². The average molecular weight is 613 g/mol. The van der Waals surface area contributed by atoms with E-state index in [2.05, 4.69) is 25.9 Å². The molecule has 5 rings (SSSR count). The van der Waals surface area contributed by atoms with Crippen molar-refractivity contribution in [3.63, 3.8) is 0 Å². The first-order valence-corrected chi connectivity index (χ1v) is 15.1. The topological polar surface area (TPSA) is 144 Å². The number of hydrogen-bond acceptors (Lipinski definition) is 6. The normalized spacial score (nSPS) is 21.1. The maximum Gasteiger partial charge on any atom is 0.245 e. The summed E-state index contributed by atoms with van der Waals surface area (Å²) in [5, 5.41) is 9.70. The molecule has 2 aromatic heterocycles. The van der Waals surface area contributed by atoms with Crippen LogP contribution in [0.25, 0.3) is 10.9 Å². The summed E-state index contributed by atoms with van der Waals surface area (Å²) >= 11 is 0. The average Bonchev–Trinajstić information content (AvgIpc) is 3.64. The van der Waals surface area contributed by atoms with Crippen LogP contribution in [0.3, 0.4) is 0 Å². The Morgan fingerprint density at radius 2 is 1.64 bits per heavy atom. The van der Waals surface area contributed by atoms with E-state index >= 15 is 0 Å². The van der Waals surface area contributed by atoms with Crippen molar-refractivity contribution in [2.75, 3.05) is 26.7 Å². The van der Waals surface area contributed by atoms with Gasteiger partial charge in [-0.3, -0.25) is 24.1 Å². The molecule has 0 bridgehead atoms. The van der Waals surface area contributed by atoms with Gasteiger partial charge in [-0.15, -0.1) is 0 Å². The van der Waals surface area contributed by atoms with E-state index in [1.807, 2.05) is 83.5 Å². The standard InChI is InChI=1S/C33H40N8O4/c1-22-31(43)38-27(17-23-9-5-4-6-10-23)32(44)35-14-16-41(20-29-34-13-15-39(29)2)21-30(42)37-28(33(45)40(22)3)18-24-19-36-26-12-8-7-11-25(24)26/h4-13,15,19,22,27-28,36H,14,16-18,20-21H2,1-3H3,(H,35,44)(H,37,42)(H,38,43)/t22-,27-,28-/m0/s1. The summed E-state index contributed by atoms with van der Waals surface area (Å²) in [6.07, 6.45) is 5.87. The Morgan fingerprint density at radius 3 is 2.40 bits per heavy atom. The van der Waals surface area contributed by atoms with E-state index in [1.54, 1.807) is 20.2 Å². The van der Waals surface area contributed by atoms with E-state index in [0.717, 1.165) is 27.9 Å². The predicted molar refractivity (Wildman–Crippen MR) is 170 cm³/mol. The van der Waals surface area contributed by atoms with Crippen LogP contribution in [0.5, 0.6) is 0 Å². The van der Waals surface area contributed by atoms with Gasteiger partial charge in [-0.05, 0) is 24.1 Å². The molecule has 12 nitrogen and oxygen atoms in total. The number of H-pyrrole nitrogens is 1. The van der Waals surface area contributed by atoms with Gasteiger partial charge in [-0.25, -0.2) is 4.98 Å². The molecule has 0 unspecified atom stereocenters. The summed E-state index contributed by atoms with van der Waals surface area (Å²) in [6, 6.07) is 14.5. The number of benzene rings is 2. The molecule has 2 aromatic carbocycles. The van der Waals surface area contributed by atoms with Crippen molar-refractivity contribution in [2.45, 2.75) is 44.4 Å². The number of aromatic nitrogens is 3. The lowest BCUT2D eigenvalue weighted by Crippen LogP contribution is -2.57. The van der Waals surface area contributed by atoms with Gasteiger partial charge in [-0.1, -0.05) is 48.5 Å². The summed E-state index contributed by atoms with van der Waals surface area (Å²) in [6.45, 7) is 2.53. The SMILES string of the molecule is C[C@H]1C(=O)N[C@@H](Cc2ccccc2)C(=O)NCCN(Cc2nccn2C)CC(=O)N[C@@H](Cc2c[nH]c3ccccc23)C(=O)N1C. The molecule has 0 radical (unpaired) electrons. The Hall–Kier alpha value is -4.97. The highest BCUT2D eigenvalue weighted by Crippen LogP contribution is 2.20. The summed E-state index contributed by atoms with van der Waals surface area (Å²) in [5.74, 6) is -0.824. The lowest BCUT2D eigenvalue weighted by atomic mass is 10.0. The second-order valence-corrected chi connectivity index (χ2v) is 11.5. The second kappa shape index (κ2) is 14.2. The molecule has 1 saturated heterocycles. The van der Waals surface area contributed by atoms with Gasteiger partial charge < -0.3 is 30.4 Å². The summed E-state index contributed by atoms with van der Waals surface area (Å²) in [5.41, 5.74) is 2.68. The van der Waals surface area contributed by atoms with E-state index in [9.17, 15) is 19.2 Å². The minimum Gasteiger partial charge on any atom is -0.361 e. The molecule has 236 valence electrons. The number of nitrogens with zero attached hydrogens (tertiary/aromatic N) is 4. The highest BCUT2D eigenvalue weighted by Gasteiger charge is 2.33. The molecule has 1 aliphatic heterocycles. The number of para-hydroxylation sites is 1. The van der Waals surface area contributed by atoms with Gasteiger partial charge in [0.05, 0.1) is 13.1 Å². The number of fused-ring (bicyclic) bond motifs is 1. The third-order valence-corrected chi connectivity index (χ3v) is 8.34. The van der Waals surface area contributed by atoms with Crippen LogP contribution >= 0.6 is 0 Å². The Kier molecular flexibility index (Phi) is 9.93. The number of carbonyl (C=O) groups excluding carboxylic acids is 4. The second-order valence-electron chi connectivity index (χ2n) is 11.5. The monoisotopic (exact) mass is 612 g/mol. The van der Waals surface area contributed by atoms with Crippen molar-refractivity contribution in [3.8, 4) is 0 Å². The number of likely N-dealkylation sites (N-methyl/N-ethyl adjacent to an activating group) is 1. The first-order chi connectivity index (χ1) is 21.7. The van der Waals surface area contributed by atoms with Gasteiger partial charge in [0.15, 0.2) is 0 Å². The molecular formula is C33H40N8O4. The molecule has 4 amide bonds. The van der Waals surface area contributed by atoms with Crippen molar-refractivity contribution in [2.24, 2.45) is 7.05 Å². The number of amides is 4. The maximum absolute atomic E-state index is 14.0. The fourth-order valence-corrected chi connectivity index (χ4v) is 5.55. The van der Waals surface area contributed by atoms with Gasteiger partial charge in [-0.2, -0.15) is 0 Å². The Bertz CT molecular complexity index is 1650. The summed E-state index contributed by atoms with van der Waals surface area (Å²) in [4.78, 5) is 65.3. The summed E-state index contributed by atoms with van der Waals surface area (Å²) < 4.78 is 1.87. The predicted octanol–water partition coefficient (Wildman–Crippen LogP) is 1.14. The van der Waals surface area contributed by atoms with Crippen molar-refractivity contribution < 1.29 is 19.2 Å². The highest BCUT2D eigenvalue weighted by molar-refractivity contribution is 5.95. The molecule has 1 aliphatic rings. The molecule has 3 heterocycles. The molecule has 3 atom stereocenters. The zero-order valence-corrected chi connectivity index (χ0v) is 25.8. The molecule has 0 spiro atoms. The van der Waals surface area contributed by atoms with Crippen molar-refractivity contribution in [1.82, 2.24) is 40.3 Å². The third-order valence-electron chi connectivity index (χ3n) is 8.34. The van der Waals surface area contributed by atoms with E-state index in [-0.39, 0.29) is 37.7 Å². The smallest absolute Gasteiger partial charge is 0.245 e. The largest absolute Gasteiger partial charge is 0.361 e. The number of aryl methyl sites for hydroxylation is 1. The Balaban J connectivity index is 1.44. The van der Waals surface area contributed by atoms with Crippen molar-refractivity contribution in [1.29, 1.82) is 0 Å². The molecule has 12 heteroatoms.